The Labute approximate surface area is 145 Å². The second-order valence-corrected chi connectivity index (χ2v) is 5.96. The highest BCUT2D eigenvalue weighted by Crippen LogP contribution is 2.25. The van der Waals surface area contributed by atoms with E-state index in [9.17, 15) is 15.2 Å². The Morgan fingerprint density at radius 2 is 2.21 bits per heavy atom. The summed E-state index contributed by atoms with van der Waals surface area (Å²) in [6, 6.07) is 8.65. The van der Waals surface area contributed by atoms with E-state index < -0.39 is 5.56 Å². The fourth-order valence-corrected chi connectivity index (χ4v) is 2.57. The van der Waals surface area contributed by atoms with Gasteiger partial charge in [0.05, 0.1) is 11.3 Å². The van der Waals surface area contributed by atoms with Crippen molar-refractivity contribution in [3.8, 4) is 11.9 Å². The average molecular weight is 344 g/mol. The Morgan fingerprint density at radius 1 is 1.50 bits per heavy atom. The summed E-state index contributed by atoms with van der Waals surface area (Å²) in [6.07, 6.45) is 2.10. The second-order valence-electron chi connectivity index (χ2n) is 5.52. The van der Waals surface area contributed by atoms with Gasteiger partial charge in [0.25, 0.3) is 5.56 Å². The third-order valence-electron chi connectivity index (χ3n) is 3.98. The molecule has 1 atom stereocenters. The summed E-state index contributed by atoms with van der Waals surface area (Å²) in [5.74, 6) is -0.184. The van der Waals surface area contributed by atoms with E-state index in [4.69, 9.17) is 11.6 Å². The third-order valence-corrected chi connectivity index (χ3v) is 4.21. The number of aliphatic imine (C=N–C) groups is 1. The van der Waals surface area contributed by atoms with Crippen LogP contribution in [-0.2, 0) is 0 Å². The number of hydrogen-bond donors (Lipinski definition) is 1. The van der Waals surface area contributed by atoms with Crippen molar-refractivity contribution in [1.82, 2.24) is 4.57 Å². The van der Waals surface area contributed by atoms with E-state index in [0.29, 0.717) is 28.3 Å². The summed E-state index contributed by atoms with van der Waals surface area (Å²) in [7, 11) is 0. The first-order chi connectivity index (χ1) is 11.4. The number of nitriles is 1. The van der Waals surface area contributed by atoms with Crippen LogP contribution in [0.4, 0.5) is 5.69 Å². The number of nitrogens with zero attached hydrogens (tertiary/aromatic N) is 3. The first-order valence-corrected chi connectivity index (χ1v) is 7.96. The topological polar surface area (TPSA) is 78.4 Å². The summed E-state index contributed by atoms with van der Waals surface area (Å²) in [4.78, 5) is 16.7. The van der Waals surface area contributed by atoms with Gasteiger partial charge in [-0.1, -0.05) is 24.6 Å². The molecule has 124 valence electrons. The van der Waals surface area contributed by atoms with Crippen molar-refractivity contribution >= 4 is 23.5 Å². The number of halogens is 1. The van der Waals surface area contributed by atoms with Crippen LogP contribution in [-0.4, -0.2) is 15.9 Å². The number of benzene rings is 1. The van der Waals surface area contributed by atoms with Gasteiger partial charge in [0.15, 0.2) is 0 Å². The molecule has 1 aromatic carbocycles. The van der Waals surface area contributed by atoms with Crippen LogP contribution in [0.25, 0.3) is 0 Å². The Balaban J connectivity index is 2.66. The Kier molecular flexibility index (Phi) is 5.42. The van der Waals surface area contributed by atoms with Crippen LogP contribution in [0, 0.1) is 18.3 Å². The molecule has 1 unspecified atom stereocenters. The fraction of sp³-hybridized carbons (Fsp3) is 0.278. The molecular weight excluding hydrogens is 326 g/mol. The van der Waals surface area contributed by atoms with Crippen molar-refractivity contribution in [2.45, 2.75) is 33.2 Å². The van der Waals surface area contributed by atoms with Gasteiger partial charge in [-0.05, 0) is 44.0 Å². The smallest absolute Gasteiger partial charge is 0.271 e. The van der Waals surface area contributed by atoms with E-state index in [1.807, 2.05) is 19.9 Å². The van der Waals surface area contributed by atoms with Gasteiger partial charge in [-0.2, -0.15) is 5.26 Å². The summed E-state index contributed by atoms with van der Waals surface area (Å²) in [6.45, 7) is 5.34. The molecule has 0 saturated heterocycles. The highest BCUT2D eigenvalue weighted by atomic mass is 35.5. The SMILES string of the molecule is CCC(C)n1c(O)c(C=Nc2cccc(Cl)c2)c(C)c(C#N)c1=O. The zero-order chi connectivity index (χ0) is 17.9. The average Bonchev–Trinajstić information content (AvgIpc) is 2.55. The van der Waals surface area contributed by atoms with Crippen LogP contribution in [0.2, 0.25) is 5.02 Å². The van der Waals surface area contributed by atoms with Crippen molar-refractivity contribution in [2.24, 2.45) is 4.99 Å². The van der Waals surface area contributed by atoms with Gasteiger partial charge in [-0.15, -0.1) is 0 Å². The molecule has 0 spiro atoms. The van der Waals surface area contributed by atoms with Crippen LogP contribution < -0.4 is 5.56 Å². The van der Waals surface area contributed by atoms with E-state index in [1.54, 1.807) is 31.2 Å². The van der Waals surface area contributed by atoms with Gasteiger partial charge in [0.2, 0.25) is 5.88 Å². The molecule has 0 bridgehead atoms. The van der Waals surface area contributed by atoms with Crippen LogP contribution in [0.5, 0.6) is 5.88 Å². The minimum atomic E-state index is -0.484. The molecule has 24 heavy (non-hydrogen) atoms. The van der Waals surface area contributed by atoms with E-state index in [2.05, 4.69) is 4.99 Å². The van der Waals surface area contributed by atoms with Gasteiger partial charge in [-0.25, -0.2) is 0 Å². The zero-order valence-corrected chi connectivity index (χ0v) is 14.5. The number of aromatic hydroxyl groups is 1. The quantitative estimate of drug-likeness (QED) is 0.848. The third kappa shape index (κ3) is 3.34. The molecule has 0 aliphatic heterocycles. The molecular formula is C18H18ClN3O2. The minimum Gasteiger partial charge on any atom is -0.494 e. The Morgan fingerprint density at radius 3 is 2.79 bits per heavy atom. The number of rotatable bonds is 4. The standard InChI is InChI=1S/C18H18ClN3O2/c1-4-11(2)22-17(23)15(9-20)12(3)16(18(22)24)10-21-14-7-5-6-13(19)8-14/h5-8,10-11,24H,4H2,1-3H3. The summed E-state index contributed by atoms with van der Waals surface area (Å²) >= 11 is 5.93. The fourth-order valence-electron chi connectivity index (χ4n) is 2.38. The van der Waals surface area contributed by atoms with Crippen LogP contribution in [0.3, 0.4) is 0 Å². The molecule has 0 radical (unpaired) electrons. The lowest BCUT2D eigenvalue weighted by atomic mass is 10.0. The summed E-state index contributed by atoms with van der Waals surface area (Å²) < 4.78 is 1.24. The maximum absolute atomic E-state index is 12.4. The van der Waals surface area contributed by atoms with E-state index in [1.165, 1.54) is 10.8 Å². The van der Waals surface area contributed by atoms with Crippen molar-refractivity contribution in [3.63, 3.8) is 0 Å². The van der Waals surface area contributed by atoms with Gasteiger partial charge < -0.3 is 5.11 Å². The number of aromatic nitrogens is 1. The molecule has 2 rings (SSSR count). The zero-order valence-electron chi connectivity index (χ0n) is 13.7. The molecule has 0 amide bonds. The molecule has 1 N–H and O–H groups in total. The maximum Gasteiger partial charge on any atom is 0.271 e. The highest BCUT2D eigenvalue weighted by Gasteiger charge is 2.20. The number of hydrogen-bond acceptors (Lipinski definition) is 4. The molecule has 0 aliphatic rings. The van der Waals surface area contributed by atoms with Crippen molar-refractivity contribution in [1.29, 1.82) is 5.26 Å². The normalized spacial score (nSPS) is 12.3. The lowest BCUT2D eigenvalue weighted by molar-refractivity contribution is 0.372. The second kappa shape index (κ2) is 7.33. The lowest BCUT2D eigenvalue weighted by Gasteiger charge is -2.18. The van der Waals surface area contributed by atoms with E-state index >= 15 is 0 Å². The molecule has 1 heterocycles. The lowest BCUT2D eigenvalue weighted by Crippen LogP contribution is -2.27. The van der Waals surface area contributed by atoms with Crippen LogP contribution in [0.1, 0.15) is 43.0 Å². The molecule has 6 heteroatoms. The van der Waals surface area contributed by atoms with Gasteiger partial charge in [0, 0.05) is 17.3 Å². The molecule has 0 aliphatic carbocycles. The molecule has 1 aromatic heterocycles. The predicted molar refractivity (Wildman–Crippen MR) is 95.5 cm³/mol. The molecule has 0 fully saturated rings. The van der Waals surface area contributed by atoms with Crippen LogP contribution >= 0.6 is 11.6 Å². The largest absolute Gasteiger partial charge is 0.494 e. The summed E-state index contributed by atoms with van der Waals surface area (Å²) in [5, 5.41) is 20.4. The van der Waals surface area contributed by atoms with Gasteiger partial charge in [0.1, 0.15) is 11.6 Å². The molecule has 2 aromatic rings. The Hall–Kier alpha value is -2.58. The maximum atomic E-state index is 12.4. The summed E-state index contributed by atoms with van der Waals surface area (Å²) in [5.41, 5.74) is 0.903. The highest BCUT2D eigenvalue weighted by molar-refractivity contribution is 6.30. The Bertz CT molecular complexity index is 894. The van der Waals surface area contributed by atoms with Gasteiger partial charge in [-0.3, -0.25) is 14.4 Å². The molecule has 5 nitrogen and oxygen atoms in total. The van der Waals surface area contributed by atoms with Crippen LogP contribution in [0.15, 0.2) is 34.1 Å². The van der Waals surface area contributed by atoms with E-state index in [0.717, 1.165) is 0 Å². The first kappa shape index (κ1) is 17.8. The van der Waals surface area contributed by atoms with E-state index in [-0.39, 0.29) is 17.5 Å². The van der Waals surface area contributed by atoms with Crippen molar-refractivity contribution in [2.75, 3.05) is 0 Å². The monoisotopic (exact) mass is 343 g/mol. The van der Waals surface area contributed by atoms with Crippen molar-refractivity contribution in [3.05, 3.63) is 56.3 Å². The predicted octanol–water partition coefficient (Wildman–Crippen LogP) is 4.11. The minimum absolute atomic E-state index is 0.0145. The van der Waals surface area contributed by atoms with Gasteiger partial charge >= 0.3 is 0 Å². The molecule has 0 saturated carbocycles. The number of pyridine rings is 1. The van der Waals surface area contributed by atoms with Crippen molar-refractivity contribution < 1.29 is 5.11 Å². The first-order valence-electron chi connectivity index (χ1n) is 7.58.